The van der Waals surface area contributed by atoms with Crippen LogP contribution in [0, 0.1) is 0 Å². The highest BCUT2D eigenvalue weighted by atomic mass is 35.5. The summed E-state index contributed by atoms with van der Waals surface area (Å²) in [6, 6.07) is -1.05. The van der Waals surface area contributed by atoms with Crippen LogP contribution in [-0.4, -0.2) is 42.1 Å². The van der Waals surface area contributed by atoms with Crippen LogP contribution in [0.4, 0.5) is 0 Å². The van der Waals surface area contributed by atoms with E-state index in [-0.39, 0.29) is 12.4 Å². The maximum absolute atomic E-state index is 10.3. The molecule has 1 N–H and O–H groups in total. The van der Waals surface area contributed by atoms with E-state index in [2.05, 4.69) is 0 Å². The summed E-state index contributed by atoms with van der Waals surface area (Å²) in [5, 5.41) is 18.5. The van der Waals surface area contributed by atoms with Crippen LogP contribution in [0.25, 0.3) is 0 Å². The fourth-order valence-corrected chi connectivity index (χ4v) is 0.642. The van der Waals surface area contributed by atoms with Gasteiger partial charge in [0, 0.05) is 0 Å². The SMILES string of the molecule is CN(C)[C@@H](CC(=O)O)C(=O)[O-].Cl. The second-order valence-electron chi connectivity index (χ2n) is 2.40. The number of rotatable bonds is 4. The second kappa shape index (κ2) is 5.79. The van der Waals surface area contributed by atoms with E-state index in [1.54, 1.807) is 0 Å². The van der Waals surface area contributed by atoms with Crippen molar-refractivity contribution in [2.75, 3.05) is 14.1 Å². The van der Waals surface area contributed by atoms with Crippen LogP contribution in [0.3, 0.4) is 0 Å². The molecule has 0 amide bonds. The molecule has 0 aliphatic rings. The number of halogens is 1. The molecule has 1 atom stereocenters. The molecule has 0 aromatic carbocycles. The minimum absolute atomic E-state index is 0. The standard InChI is InChI=1S/C6H11NO4.ClH/c1-7(2)4(6(10)11)3-5(8)9;/h4H,3H2,1-2H3,(H,8,9)(H,10,11);1H/p-1/t4-;/m0./s1. The highest BCUT2D eigenvalue weighted by Gasteiger charge is 2.15. The minimum Gasteiger partial charge on any atom is -0.548 e. The minimum atomic E-state index is -1.36. The zero-order chi connectivity index (χ0) is 9.02. The molecule has 0 aromatic heterocycles. The topological polar surface area (TPSA) is 80.7 Å². The molecule has 0 fully saturated rings. The summed E-state index contributed by atoms with van der Waals surface area (Å²) < 4.78 is 0. The molecule has 6 heteroatoms. The second-order valence-corrected chi connectivity index (χ2v) is 2.40. The maximum atomic E-state index is 10.3. The van der Waals surface area contributed by atoms with Gasteiger partial charge in [0.05, 0.1) is 18.4 Å². The van der Waals surface area contributed by atoms with Gasteiger partial charge in [0.1, 0.15) is 0 Å². The van der Waals surface area contributed by atoms with Crippen molar-refractivity contribution in [3.8, 4) is 0 Å². The van der Waals surface area contributed by atoms with Crippen molar-refractivity contribution in [2.24, 2.45) is 0 Å². The highest BCUT2D eigenvalue weighted by Crippen LogP contribution is 1.97. The zero-order valence-electron chi connectivity index (χ0n) is 6.81. The summed E-state index contributed by atoms with van der Waals surface area (Å²) in [5.41, 5.74) is 0. The fourth-order valence-electron chi connectivity index (χ4n) is 0.642. The van der Waals surface area contributed by atoms with Gasteiger partial charge in [-0.25, -0.2) is 0 Å². The Morgan fingerprint density at radius 2 is 1.92 bits per heavy atom. The molecule has 0 unspecified atom stereocenters. The van der Waals surface area contributed by atoms with Gasteiger partial charge in [0.25, 0.3) is 0 Å². The van der Waals surface area contributed by atoms with Crippen LogP contribution in [0.2, 0.25) is 0 Å². The van der Waals surface area contributed by atoms with E-state index in [0.717, 1.165) is 0 Å². The number of hydrogen-bond donors (Lipinski definition) is 1. The van der Waals surface area contributed by atoms with Crippen LogP contribution in [-0.2, 0) is 9.59 Å². The molecule has 0 aliphatic carbocycles. The van der Waals surface area contributed by atoms with Crippen LogP contribution >= 0.6 is 12.4 Å². The zero-order valence-corrected chi connectivity index (χ0v) is 7.63. The lowest BCUT2D eigenvalue weighted by molar-refractivity contribution is -0.311. The average Bonchev–Trinajstić information content (AvgIpc) is 1.81. The van der Waals surface area contributed by atoms with Crippen LogP contribution in [0.5, 0.6) is 0 Å². The predicted octanol–water partition coefficient (Wildman–Crippen LogP) is -1.44. The Kier molecular flexibility index (Phi) is 6.64. The van der Waals surface area contributed by atoms with E-state index in [1.165, 1.54) is 19.0 Å². The molecule has 0 saturated carbocycles. The van der Waals surface area contributed by atoms with Gasteiger partial charge < -0.3 is 19.9 Å². The number of nitrogens with zero attached hydrogens (tertiary/aromatic N) is 1. The number of carbonyl (C=O) groups is 2. The van der Waals surface area contributed by atoms with Crippen molar-refractivity contribution in [3.05, 3.63) is 0 Å². The lowest BCUT2D eigenvalue weighted by Gasteiger charge is -2.22. The number of likely N-dealkylation sites (N-methyl/N-ethyl adjacent to an activating group) is 1. The molecular formula is C6H11ClNO4-. The van der Waals surface area contributed by atoms with Gasteiger partial charge in [-0.2, -0.15) is 0 Å². The third kappa shape index (κ3) is 4.92. The molecule has 0 spiro atoms. The lowest BCUT2D eigenvalue weighted by atomic mass is 10.2. The largest absolute Gasteiger partial charge is 0.548 e. The molecule has 0 rings (SSSR count). The Bertz CT molecular complexity index is 171. The molecular weight excluding hydrogens is 186 g/mol. The Morgan fingerprint density at radius 3 is 2.00 bits per heavy atom. The fraction of sp³-hybridized carbons (Fsp3) is 0.667. The monoisotopic (exact) mass is 196 g/mol. The normalized spacial score (nSPS) is 11.9. The first kappa shape index (κ1) is 13.8. The van der Waals surface area contributed by atoms with Gasteiger partial charge in [-0.15, -0.1) is 12.4 Å². The number of carboxylic acids is 2. The summed E-state index contributed by atoms with van der Waals surface area (Å²) in [5.74, 6) is -2.51. The molecule has 72 valence electrons. The van der Waals surface area contributed by atoms with Gasteiger partial charge in [-0.1, -0.05) is 0 Å². The molecule has 5 nitrogen and oxygen atoms in total. The third-order valence-electron chi connectivity index (χ3n) is 1.26. The number of carbonyl (C=O) groups excluding carboxylic acids is 1. The van der Waals surface area contributed by atoms with Gasteiger partial charge in [-0.3, -0.25) is 4.79 Å². The van der Waals surface area contributed by atoms with Gasteiger partial charge in [0.15, 0.2) is 0 Å². The Labute approximate surface area is 76.4 Å². The maximum Gasteiger partial charge on any atom is 0.305 e. The average molecular weight is 197 g/mol. The molecule has 12 heavy (non-hydrogen) atoms. The van der Waals surface area contributed by atoms with E-state index in [1.807, 2.05) is 0 Å². The van der Waals surface area contributed by atoms with Crippen molar-refractivity contribution in [2.45, 2.75) is 12.5 Å². The smallest absolute Gasteiger partial charge is 0.305 e. The molecule has 0 heterocycles. The van der Waals surface area contributed by atoms with Crippen molar-refractivity contribution >= 4 is 24.3 Å². The van der Waals surface area contributed by atoms with E-state index in [9.17, 15) is 14.7 Å². The molecule has 0 bridgehead atoms. The van der Waals surface area contributed by atoms with E-state index in [0.29, 0.717) is 0 Å². The van der Waals surface area contributed by atoms with Crippen LogP contribution in [0.1, 0.15) is 6.42 Å². The van der Waals surface area contributed by atoms with Crippen molar-refractivity contribution < 1.29 is 19.8 Å². The van der Waals surface area contributed by atoms with Crippen LogP contribution in [0.15, 0.2) is 0 Å². The van der Waals surface area contributed by atoms with Crippen molar-refractivity contribution in [3.63, 3.8) is 0 Å². The van der Waals surface area contributed by atoms with Gasteiger partial charge >= 0.3 is 5.97 Å². The summed E-state index contributed by atoms with van der Waals surface area (Å²) in [7, 11) is 2.98. The predicted molar refractivity (Wildman–Crippen MR) is 42.0 cm³/mol. The first-order valence-electron chi connectivity index (χ1n) is 3.04. The summed E-state index contributed by atoms with van der Waals surface area (Å²) in [6.45, 7) is 0. The van der Waals surface area contributed by atoms with Crippen molar-refractivity contribution in [1.82, 2.24) is 4.90 Å². The number of carboxylic acid groups (broad SMARTS) is 2. The van der Waals surface area contributed by atoms with Crippen molar-refractivity contribution in [1.29, 1.82) is 0 Å². The first-order valence-corrected chi connectivity index (χ1v) is 3.04. The van der Waals surface area contributed by atoms with E-state index >= 15 is 0 Å². The van der Waals surface area contributed by atoms with Crippen LogP contribution < -0.4 is 5.11 Å². The summed E-state index contributed by atoms with van der Waals surface area (Å²) >= 11 is 0. The molecule has 0 saturated heterocycles. The quantitative estimate of drug-likeness (QED) is 0.596. The summed E-state index contributed by atoms with van der Waals surface area (Å²) in [6.07, 6.45) is -0.435. The Morgan fingerprint density at radius 1 is 1.50 bits per heavy atom. The van der Waals surface area contributed by atoms with E-state index in [4.69, 9.17) is 5.11 Å². The Hall–Kier alpha value is -0.810. The van der Waals surface area contributed by atoms with Gasteiger partial charge in [0.2, 0.25) is 0 Å². The number of aliphatic carboxylic acids is 2. The third-order valence-corrected chi connectivity index (χ3v) is 1.26. The van der Waals surface area contributed by atoms with Gasteiger partial charge in [-0.05, 0) is 14.1 Å². The molecule has 0 aliphatic heterocycles. The molecule has 0 aromatic rings. The lowest BCUT2D eigenvalue weighted by Crippen LogP contribution is -2.45. The summed E-state index contributed by atoms with van der Waals surface area (Å²) in [4.78, 5) is 21.7. The highest BCUT2D eigenvalue weighted by molar-refractivity contribution is 5.85. The van der Waals surface area contributed by atoms with E-state index < -0.39 is 24.4 Å². The Balaban J connectivity index is 0. The first-order chi connectivity index (χ1) is 4.95. The number of hydrogen-bond acceptors (Lipinski definition) is 4. The molecule has 0 radical (unpaired) electrons.